The Kier molecular flexibility index (Phi) is 5.81. The first-order valence-electron chi connectivity index (χ1n) is 8.63. The molecule has 1 aliphatic rings. The highest BCUT2D eigenvalue weighted by molar-refractivity contribution is 6.30. The van der Waals surface area contributed by atoms with Crippen LogP contribution in [0.25, 0.3) is 0 Å². The summed E-state index contributed by atoms with van der Waals surface area (Å²) in [6.07, 6.45) is 1.40. The summed E-state index contributed by atoms with van der Waals surface area (Å²) in [7, 11) is 0. The maximum atomic E-state index is 12.5. The fraction of sp³-hybridized carbons (Fsp3) is 0.316. The Morgan fingerprint density at radius 1 is 1.04 bits per heavy atom. The lowest BCUT2D eigenvalue weighted by Crippen LogP contribution is -2.55. The van der Waals surface area contributed by atoms with E-state index in [2.05, 4.69) is 5.32 Å². The van der Waals surface area contributed by atoms with Gasteiger partial charge in [-0.25, -0.2) is 0 Å². The Morgan fingerprint density at radius 2 is 1.67 bits per heavy atom. The first-order chi connectivity index (χ1) is 13.0. The van der Waals surface area contributed by atoms with Crippen LogP contribution in [0.3, 0.4) is 0 Å². The maximum Gasteiger partial charge on any atom is 0.287 e. The lowest BCUT2D eigenvalue weighted by molar-refractivity contribution is -0.134. The van der Waals surface area contributed by atoms with Crippen molar-refractivity contribution in [2.45, 2.75) is 13.0 Å². The highest BCUT2D eigenvalue weighted by Crippen LogP contribution is 2.13. The van der Waals surface area contributed by atoms with E-state index in [-0.39, 0.29) is 17.6 Å². The lowest BCUT2D eigenvalue weighted by Gasteiger charge is -2.36. The molecular weight excluding hydrogens is 370 g/mol. The number of piperazine rings is 1. The van der Waals surface area contributed by atoms with Crippen LogP contribution in [0.2, 0.25) is 5.02 Å². The molecule has 1 N–H and O–H groups in total. The normalized spacial score (nSPS) is 15.3. The van der Waals surface area contributed by atoms with Crippen molar-refractivity contribution in [3.05, 3.63) is 59.0 Å². The Balaban J connectivity index is 1.52. The van der Waals surface area contributed by atoms with Crippen molar-refractivity contribution in [1.82, 2.24) is 15.1 Å². The molecule has 0 saturated carbocycles. The lowest BCUT2D eigenvalue weighted by atomic mass is 10.1. The van der Waals surface area contributed by atoms with Crippen molar-refractivity contribution >= 4 is 29.3 Å². The number of carbonyl (C=O) groups is 3. The van der Waals surface area contributed by atoms with Crippen LogP contribution in [0.15, 0.2) is 47.1 Å². The van der Waals surface area contributed by atoms with Crippen LogP contribution in [0, 0.1) is 0 Å². The Bertz CT molecular complexity index is 812. The van der Waals surface area contributed by atoms with Gasteiger partial charge < -0.3 is 19.5 Å². The number of benzene rings is 1. The van der Waals surface area contributed by atoms with Crippen LogP contribution in [0.1, 0.15) is 27.8 Å². The first-order valence-corrected chi connectivity index (χ1v) is 9.01. The summed E-state index contributed by atoms with van der Waals surface area (Å²) in [5.41, 5.74) is 0.568. The van der Waals surface area contributed by atoms with Crippen LogP contribution in [-0.2, 0) is 4.79 Å². The van der Waals surface area contributed by atoms with Crippen molar-refractivity contribution in [3.63, 3.8) is 0 Å². The molecule has 1 aromatic carbocycles. The van der Waals surface area contributed by atoms with E-state index in [1.165, 1.54) is 12.3 Å². The molecular formula is C19H20ClN3O4. The molecule has 1 fully saturated rings. The number of carbonyl (C=O) groups excluding carboxylic acids is 3. The van der Waals surface area contributed by atoms with E-state index in [4.69, 9.17) is 16.0 Å². The molecule has 2 heterocycles. The zero-order valence-corrected chi connectivity index (χ0v) is 15.6. The first kappa shape index (κ1) is 19.0. The topological polar surface area (TPSA) is 82.9 Å². The van der Waals surface area contributed by atoms with Gasteiger partial charge in [-0.3, -0.25) is 14.4 Å². The molecule has 0 aliphatic carbocycles. The molecule has 1 unspecified atom stereocenters. The fourth-order valence-electron chi connectivity index (χ4n) is 2.92. The summed E-state index contributed by atoms with van der Waals surface area (Å²) >= 11 is 5.85. The number of halogens is 1. The van der Waals surface area contributed by atoms with Crippen molar-refractivity contribution in [1.29, 1.82) is 0 Å². The van der Waals surface area contributed by atoms with E-state index in [1.54, 1.807) is 47.1 Å². The largest absolute Gasteiger partial charge is 0.459 e. The van der Waals surface area contributed by atoms with E-state index in [0.29, 0.717) is 36.8 Å². The third kappa shape index (κ3) is 4.49. The molecule has 7 nitrogen and oxygen atoms in total. The van der Waals surface area contributed by atoms with Gasteiger partial charge in [-0.15, -0.1) is 0 Å². The maximum absolute atomic E-state index is 12.5. The molecule has 1 aromatic heterocycles. The number of furan rings is 1. The van der Waals surface area contributed by atoms with Gasteiger partial charge in [0.1, 0.15) is 6.04 Å². The molecule has 0 bridgehead atoms. The van der Waals surface area contributed by atoms with Gasteiger partial charge in [0.05, 0.1) is 6.26 Å². The summed E-state index contributed by atoms with van der Waals surface area (Å²) in [5, 5.41) is 3.20. The molecule has 142 valence electrons. The van der Waals surface area contributed by atoms with Crippen LogP contribution in [-0.4, -0.2) is 59.7 Å². The molecule has 8 heteroatoms. The third-order valence-electron chi connectivity index (χ3n) is 4.43. The summed E-state index contributed by atoms with van der Waals surface area (Å²) in [5.74, 6) is -0.545. The zero-order valence-electron chi connectivity index (χ0n) is 14.9. The van der Waals surface area contributed by atoms with Gasteiger partial charge >= 0.3 is 0 Å². The highest BCUT2D eigenvalue weighted by Gasteiger charge is 2.28. The molecule has 1 saturated heterocycles. The second-order valence-corrected chi connectivity index (χ2v) is 6.73. The molecule has 3 rings (SSSR count). The SMILES string of the molecule is CC(NC(=O)c1ccco1)C(=O)N1CCN(C(=O)c2ccc(Cl)cc2)CC1. The van der Waals surface area contributed by atoms with E-state index in [9.17, 15) is 14.4 Å². The molecule has 0 spiro atoms. The number of hydrogen-bond donors (Lipinski definition) is 1. The number of hydrogen-bond acceptors (Lipinski definition) is 4. The average Bonchev–Trinajstić information content (AvgIpc) is 3.22. The number of nitrogens with one attached hydrogen (secondary N) is 1. The molecule has 2 aromatic rings. The van der Waals surface area contributed by atoms with Crippen LogP contribution in [0.4, 0.5) is 0 Å². The Labute approximate surface area is 161 Å². The van der Waals surface area contributed by atoms with Crippen LogP contribution in [0.5, 0.6) is 0 Å². The van der Waals surface area contributed by atoms with Crippen molar-refractivity contribution in [2.75, 3.05) is 26.2 Å². The molecule has 1 aliphatic heterocycles. The van der Waals surface area contributed by atoms with Crippen molar-refractivity contribution in [3.8, 4) is 0 Å². The van der Waals surface area contributed by atoms with Gasteiger partial charge in [0, 0.05) is 36.8 Å². The van der Waals surface area contributed by atoms with Crippen LogP contribution >= 0.6 is 11.6 Å². The minimum absolute atomic E-state index is 0.0852. The second-order valence-electron chi connectivity index (χ2n) is 6.30. The van der Waals surface area contributed by atoms with E-state index < -0.39 is 11.9 Å². The predicted octanol–water partition coefficient (Wildman–Crippen LogP) is 2.04. The van der Waals surface area contributed by atoms with Crippen LogP contribution < -0.4 is 5.32 Å². The van der Waals surface area contributed by atoms with Gasteiger partial charge in [0.25, 0.3) is 11.8 Å². The quantitative estimate of drug-likeness (QED) is 0.867. The van der Waals surface area contributed by atoms with Crippen molar-refractivity contribution < 1.29 is 18.8 Å². The summed E-state index contributed by atoms with van der Waals surface area (Å²) in [6, 6.07) is 9.20. The van der Waals surface area contributed by atoms with Gasteiger partial charge in [-0.1, -0.05) is 11.6 Å². The summed E-state index contributed by atoms with van der Waals surface area (Å²) < 4.78 is 5.02. The van der Waals surface area contributed by atoms with Gasteiger partial charge in [0.2, 0.25) is 5.91 Å². The minimum atomic E-state index is -0.680. The Morgan fingerprint density at radius 3 is 2.26 bits per heavy atom. The molecule has 27 heavy (non-hydrogen) atoms. The second kappa shape index (κ2) is 8.26. The average molecular weight is 390 g/mol. The zero-order chi connectivity index (χ0) is 19.4. The number of amides is 3. The predicted molar refractivity (Wildman–Crippen MR) is 99.6 cm³/mol. The summed E-state index contributed by atoms with van der Waals surface area (Å²) in [6.45, 7) is 3.34. The van der Waals surface area contributed by atoms with E-state index >= 15 is 0 Å². The molecule has 3 amide bonds. The Hall–Kier alpha value is -2.80. The standard InChI is InChI=1S/C19H20ClN3O4/c1-13(21-17(24)16-3-2-12-27-16)18(25)22-8-10-23(11-9-22)19(26)14-4-6-15(20)7-5-14/h2-7,12-13H,8-11H2,1H3,(H,21,24). The fourth-order valence-corrected chi connectivity index (χ4v) is 3.04. The smallest absolute Gasteiger partial charge is 0.287 e. The van der Waals surface area contributed by atoms with E-state index in [1.807, 2.05) is 0 Å². The van der Waals surface area contributed by atoms with Crippen molar-refractivity contribution in [2.24, 2.45) is 0 Å². The minimum Gasteiger partial charge on any atom is -0.459 e. The van der Waals surface area contributed by atoms with E-state index in [0.717, 1.165) is 0 Å². The van der Waals surface area contributed by atoms with Gasteiger partial charge in [-0.05, 0) is 43.3 Å². The van der Waals surface area contributed by atoms with Gasteiger partial charge in [0.15, 0.2) is 5.76 Å². The third-order valence-corrected chi connectivity index (χ3v) is 4.68. The summed E-state index contributed by atoms with van der Waals surface area (Å²) in [4.78, 5) is 40.4. The number of rotatable bonds is 4. The highest BCUT2D eigenvalue weighted by atomic mass is 35.5. The molecule has 0 radical (unpaired) electrons. The van der Waals surface area contributed by atoms with Gasteiger partial charge in [-0.2, -0.15) is 0 Å². The number of nitrogens with zero attached hydrogens (tertiary/aromatic N) is 2. The monoisotopic (exact) mass is 389 g/mol. The molecule has 1 atom stereocenters.